The lowest BCUT2D eigenvalue weighted by molar-refractivity contribution is -0.359. The summed E-state index contributed by atoms with van der Waals surface area (Å²) in [5.41, 5.74) is 0. The van der Waals surface area contributed by atoms with Gasteiger partial charge in [0.1, 0.15) is 48.8 Å². The lowest BCUT2D eigenvalue weighted by Crippen LogP contribution is -2.65. The zero-order valence-corrected chi connectivity index (χ0v) is 40.0. The van der Waals surface area contributed by atoms with Gasteiger partial charge >= 0.3 is 0 Å². The molecule has 9 N–H and O–H groups in total. The van der Waals surface area contributed by atoms with E-state index in [1.807, 2.05) is 0 Å². The summed E-state index contributed by atoms with van der Waals surface area (Å²) < 4.78 is 22.7. The van der Waals surface area contributed by atoms with Gasteiger partial charge in [0.2, 0.25) is 5.91 Å². The highest BCUT2D eigenvalue weighted by Gasteiger charge is 2.51. The van der Waals surface area contributed by atoms with Crippen molar-refractivity contribution in [3.8, 4) is 0 Å². The van der Waals surface area contributed by atoms with Gasteiger partial charge in [-0.2, -0.15) is 0 Å². The number of nitrogens with one attached hydrogen (secondary N) is 1. The number of unbranched alkanes of at least 4 members (excludes halogenated alkanes) is 25. The number of aliphatic hydroxyl groups excluding tert-OH is 8. The minimum atomic E-state index is -1.78. The minimum Gasteiger partial charge on any atom is -0.394 e. The van der Waals surface area contributed by atoms with E-state index in [1.54, 1.807) is 0 Å². The van der Waals surface area contributed by atoms with Crippen molar-refractivity contribution in [3.63, 3.8) is 0 Å². The highest BCUT2D eigenvalue weighted by Crippen LogP contribution is 2.30. The van der Waals surface area contributed by atoms with Gasteiger partial charge in [0.25, 0.3) is 0 Å². The smallest absolute Gasteiger partial charge is 0.220 e. The van der Waals surface area contributed by atoms with Crippen LogP contribution in [-0.2, 0) is 23.7 Å². The molecule has 0 aromatic rings. The number of rotatable bonds is 40. The van der Waals surface area contributed by atoms with Gasteiger partial charge in [-0.25, -0.2) is 0 Å². The molecule has 0 aliphatic carbocycles. The number of ether oxygens (including phenoxy) is 4. The molecule has 0 aromatic carbocycles. The van der Waals surface area contributed by atoms with Crippen LogP contribution in [0.25, 0.3) is 0 Å². The van der Waals surface area contributed by atoms with Crippen molar-refractivity contribution >= 4 is 5.91 Å². The second kappa shape index (κ2) is 37.7. The third-order valence-corrected chi connectivity index (χ3v) is 13.0. The third kappa shape index (κ3) is 24.7. The summed E-state index contributed by atoms with van der Waals surface area (Å²) in [4.78, 5) is 13.2. The number of carbonyl (C=O) groups excluding carboxylic acids is 1. The molecule has 12 unspecified atom stereocenters. The number of hydrogen-bond acceptors (Lipinski definition) is 13. The zero-order chi connectivity index (χ0) is 46.8. The molecular weight excluding hydrogens is 823 g/mol. The molecule has 2 heterocycles. The van der Waals surface area contributed by atoms with Gasteiger partial charge in [-0.05, 0) is 38.5 Å². The van der Waals surface area contributed by atoms with Crippen molar-refractivity contribution in [2.75, 3.05) is 19.8 Å². The van der Waals surface area contributed by atoms with Crippen molar-refractivity contribution in [2.45, 2.75) is 280 Å². The van der Waals surface area contributed by atoms with Gasteiger partial charge in [0.15, 0.2) is 12.6 Å². The molecular formula is C50H95NO13. The molecule has 2 saturated heterocycles. The van der Waals surface area contributed by atoms with Gasteiger partial charge in [0, 0.05) is 6.42 Å². The SMILES string of the molecule is CCCCCCCC/C=C\CCCCCCCCCCCC(=O)NC(COC1OC(CO)C(OC2OC(CO)C(O)C(O)C2O)C(O)C1O)C(O)CCCCCCCCCCCCC. The number of aliphatic hydroxyl groups is 8. The van der Waals surface area contributed by atoms with Gasteiger partial charge in [0.05, 0.1) is 32.0 Å². The Morgan fingerprint density at radius 3 is 1.48 bits per heavy atom. The molecule has 378 valence electrons. The van der Waals surface area contributed by atoms with E-state index in [1.165, 1.54) is 128 Å². The summed E-state index contributed by atoms with van der Waals surface area (Å²) in [7, 11) is 0. The standard InChI is InChI=1S/C50H95NO13/c1-3-5-7-9-11-13-15-16-17-18-19-20-21-22-24-26-28-30-32-34-42(55)51-38(39(54)33-31-29-27-25-23-14-12-10-8-6-4-2)37-61-49-47(60)45(58)48(41(36-53)63-49)64-50-46(59)44(57)43(56)40(35-52)62-50/h16-17,38-41,43-50,52-54,56-60H,3-15,18-37H2,1-2H3,(H,51,55)/b17-16-. The molecule has 0 saturated carbocycles. The van der Waals surface area contributed by atoms with Crippen LogP contribution in [0.2, 0.25) is 0 Å². The molecule has 0 spiro atoms. The Morgan fingerprint density at radius 1 is 0.547 bits per heavy atom. The molecule has 64 heavy (non-hydrogen) atoms. The largest absolute Gasteiger partial charge is 0.394 e. The maximum Gasteiger partial charge on any atom is 0.220 e. The van der Waals surface area contributed by atoms with E-state index in [0.717, 1.165) is 51.4 Å². The maximum absolute atomic E-state index is 13.2. The summed E-state index contributed by atoms with van der Waals surface area (Å²) in [6.07, 6.45) is 22.1. The van der Waals surface area contributed by atoms with Crippen molar-refractivity contribution in [1.82, 2.24) is 5.32 Å². The molecule has 0 bridgehead atoms. The van der Waals surface area contributed by atoms with Crippen LogP contribution in [0.3, 0.4) is 0 Å². The van der Waals surface area contributed by atoms with Crippen molar-refractivity contribution < 1.29 is 64.6 Å². The van der Waals surface area contributed by atoms with E-state index < -0.39 is 86.8 Å². The molecule has 14 nitrogen and oxygen atoms in total. The highest BCUT2D eigenvalue weighted by molar-refractivity contribution is 5.76. The quantitative estimate of drug-likeness (QED) is 0.0229. The Balaban J connectivity index is 1.79. The fourth-order valence-corrected chi connectivity index (χ4v) is 8.70. The molecule has 2 aliphatic heterocycles. The Bertz CT molecular complexity index is 1130. The van der Waals surface area contributed by atoms with Crippen LogP contribution in [-0.4, -0.2) is 140 Å². The second-order valence-electron chi connectivity index (χ2n) is 18.7. The van der Waals surface area contributed by atoms with E-state index in [2.05, 4.69) is 31.3 Å². The van der Waals surface area contributed by atoms with Gasteiger partial charge < -0.3 is 65.1 Å². The molecule has 0 aromatic heterocycles. The minimum absolute atomic E-state index is 0.209. The number of hydrogen-bond donors (Lipinski definition) is 9. The molecule has 2 rings (SSSR count). The van der Waals surface area contributed by atoms with Gasteiger partial charge in [-0.15, -0.1) is 0 Å². The number of amides is 1. The predicted molar refractivity (Wildman–Crippen MR) is 249 cm³/mol. The molecule has 12 atom stereocenters. The second-order valence-corrected chi connectivity index (χ2v) is 18.7. The average molecular weight is 918 g/mol. The Morgan fingerprint density at radius 2 is 0.984 bits per heavy atom. The summed E-state index contributed by atoms with van der Waals surface area (Å²) in [6, 6.07) is -0.824. The highest BCUT2D eigenvalue weighted by atomic mass is 16.7. The molecule has 2 fully saturated rings. The molecule has 14 heteroatoms. The van der Waals surface area contributed by atoms with Crippen LogP contribution < -0.4 is 5.32 Å². The first kappa shape index (κ1) is 58.9. The van der Waals surface area contributed by atoms with Crippen LogP contribution in [0.15, 0.2) is 12.2 Å². The molecule has 1 amide bonds. The zero-order valence-electron chi connectivity index (χ0n) is 40.0. The Kier molecular flexibility index (Phi) is 34.7. The summed E-state index contributed by atoms with van der Waals surface area (Å²) in [6.45, 7) is 2.84. The summed E-state index contributed by atoms with van der Waals surface area (Å²) in [5.74, 6) is -0.209. The van der Waals surface area contributed by atoms with Crippen LogP contribution in [0, 0.1) is 0 Å². The van der Waals surface area contributed by atoms with Crippen molar-refractivity contribution in [2.24, 2.45) is 0 Å². The molecule has 2 aliphatic rings. The fraction of sp³-hybridized carbons (Fsp3) is 0.940. The molecule has 0 radical (unpaired) electrons. The fourth-order valence-electron chi connectivity index (χ4n) is 8.70. The van der Waals surface area contributed by atoms with E-state index >= 15 is 0 Å². The van der Waals surface area contributed by atoms with E-state index in [9.17, 15) is 45.6 Å². The van der Waals surface area contributed by atoms with Crippen molar-refractivity contribution in [3.05, 3.63) is 12.2 Å². The van der Waals surface area contributed by atoms with Crippen LogP contribution in [0.5, 0.6) is 0 Å². The van der Waals surface area contributed by atoms with Crippen LogP contribution >= 0.6 is 0 Å². The first-order valence-electron chi connectivity index (χ1n) is 25.9. The maximum atomic E-state index is 13.2. The normalized spacial score (nSPS) is 27.3. The average Bonchev–Trinajstić information content (AvgIpc) is 3.29. The number of allylic oxidation sites excluding steroid dienone is 2. The predicted octanol–water partition coefficient (Wildman–Crippen LogP) is 6.77. The topological polar surface area (TPSA) is 228 Å². The number of carbonyl (C=O) groups is 1. The summed E-state index contributed by atoms with van der Waals surface area (Å²) >= 11 is 0. The van der Waals surface area contributed by atoms with E-state index in [4.69, 9.17) is 18.9 Å². The van der Waals surface area contributed by atoms with Crippen LogP contribution in [0.1, 0.15) is 206 Å². The van der Waals surface area contributed by atoms with Crippen LogP contribution in [0.4, 0.5) is 0 Å². The van der Waals surface area contributed by atoms with Gasteiger partial charge in [-0.1, -0.05) is 174 Å². The van der Waals surface area contributed by atoms with Crippen molar-refractivity contribution in [1.29, 1.82) is 0 Å². The van der Waals surface area contributed by atoms with E-state index in [0.29, 0.717) is 12.8 Å². The van der Waals surface area contributed by atoms with E-state index in [-0.39, 0.29) is 12.5 Å². The first-order valence-corrected chi connectivity index (χ1v) is 25.9. The summed E-state index contributed by atoms with van der Waals surface area (Å²) in [5, 5.41) is 86.8. The Labute approximate surface area is 386 Å². The monoisotopic (exact) mass is 918 g/mol. The Hall–Kier alpha value is -1.27. The third-order valence-electron chi connectivity index (χ3n) is 13.0. The lowest BCUT2D eigenvalue weighted by atomic mass is 9.97. The first-order chi connectivity index (χ1) is 31.1. The van der Waals surface area contributed by atoms with Gasteiger partial charge in [-0.3, -0.25) is 4.79 Å². The lowest BCUT2D eigenvalue weighted by Gasteiger charge is -2.46.